The molecule has 0 bridgehead atoms. The molecule has 0 aromatic heterocycles. The van der Waals surface area contributed by atoms with Crippen molar-refractivity contribution < 1.29 is 18.6 Å². The SMILES string of the molecule is OC(C1CCC(F)(F)CC1)C1CCOC2(CCC2)C1. The Bertz CT molecular complexity index is 318. The van der Waals surface area contributed by atoms with E-state index in [2.05, 4.69) is 0 Å². The first-order valence-electron chi connectivity index (χ1n) is 7.70. The highest BCUT2D eigenvalue weighted by atomic mass is 19.3. The molecule has 110 valence electrons. The van der Waals surface area contributed by atoms with E-state index in [0.717, 1.165) is 32.3 Å². The van der Waals surface area contributed by atoms with Crippen molar-refractivity contribution in [1.29, 1.82) is 0 Å². The summed E-state index contributed by atoms with van der Waals surface area (Å²) in [5.74, 6) is -2.17. The van der Waals surface area contributed by atoms with Gasteiger partial charge < -0.3 is 9.84 Å². The molecule has 0 radical (unpaired) electrons. The van der Waals surface area contributed by atoms with E-state index in [4.69, 9.17) is 4.74 Å². The summed E-state index contributed by atoms with van der Waals surface area (Å²) in [6.07, 6.45) is 5.69. The van der Waals surface area contributed by atoms with E-state index in [9.17, 15) is 13.9 Å². The highest BCUT2D eigenvalue weighted by Gasteiger charge is 2.46. The standard InChI is InChI=1S/C15H24F2O2/c16-15(17)7-2-11(3-8-15)13(18)12-4-9-19-14(10-12)5-1-6-14/h11-13,18H,1-10H2. The number of rotatable bonds is 2. The maximum absolute atomic E-state index is 13.2. The van der Waals surface area contributed by atoms with Crippen molar-refractivity contribution in [2.75, 3.05) is 6.61 Å². The number of hydrogen-bond acceptors (Lipinski definition) is 2. The van der Waals surface area contributed by atoms with Crippen LogP contribution in [0.3, 0.4) is 0 Å². The fraction of sp³-hybridized carbons (Fsp3) is 1.00. The van der Waals surface area contributed by atoms with Gasteiger partial charge in [0.2, 0.25) is 5.92 Å². The van der Waals surface area contributed by atoms with Crippen LogP contribution in [0.25, 0.3) is 0 Å². The van der Waals surface area contributed by atoms with Gasteiger partial charge in [-0.2, -0.15) is 0 Å². The Morgan fingerprint density at radius 3 is 2.26 bits per heavy atom. The summed E-state index contributed by atoms with van der Waals surface area (Å²) in [5, 5.41) is 10.5. The number of ether oxygens (including phenoxy) is 1. The van der Waals surface area contributed by atoms with Crippen molar-refractivity contribution >= 4 is 0 Å². The van der Waals surface area contributed by atoms with Crippen LogP contribution in [0.5, 0.6) is 0 Å². The molecule has 19 heavy (non-hydrogen) atoms. The van der Waals surface area contributed by atoms with Crippen LogP contribution in [0.2, 0.25) is 0 Å². The van der Waals surface area contributed by atoms with E-state index >= 15 is 0 Å². The number of aliphatic hydroxyl groups excluding tert-OH is 1. The number of halogens is 2. The molecule has 0 amide bonds. The van der Waals surface area contributed by atoms with Gasteiger partial charge in [0, 0.05) is 19.4 Å². The van der Waals surface area contributed by atoms with Gasteiger partial charge in [-0.25, -0.2) is 8.78 Å². The van der Waals surface area contributed by atoms with Crippen LogP contribution < -0.4 is 0 Å². The molecule has 0 aromatic carbocycles. The van der Waals surface area contributed by atoms with Gasteiger partial charge in [0.15, 0.2) is 0 Å². The van der Waals surface area contributed by atoms with E-state index in [0.29, 0.717) is 12.8 Å². The largest absolute Gasteiger partial charge is 0.393 e. The van der Waals surface area contributed by atoms with Crippen molar-refractivity contribution in [2.45, 2.75) is 75.4 Å². The summed E-state index contributed by atoms with van der Waals surface area (Å²) < 4.78 is 32.2. The van der Waals surface area contributed by atoms with Crippen molar-refractivity contribution in [3.05, 3.63) is 0 Å². The van der Waals surface area contributed by atoms with E-state index in [1.54, 1.807) is 0 Å². The zero-order chi connectivity index (χ0) is 13.5. The molecule has 1 N–H and O–H groups in total. The highest BCUT2D eigenvalue weighted by Crippen LogP contribution is 2.47. The molecular weight excluding hydrogens is 250 g/mol. The number of hydrogen-bond donors (Lipinski definition) is 1. The molecule has 3 aliphatic rings. The van der Waals surface area contributed by atoms with Gasteiger partial charge in [0.05, 0.1) is 11.7 Å². The average Bonchev–Trinajstić information content (AvgIpc) is 2.36. The first-order chi connectivity index (χ1) is 9.00. The Kier molecular flexibility index (Phi) is 3.59. The monoisotopic (exact) mass is 274 g/mol. The fourth-order valence-electron chi connectivity index (χ4n) is 4.07. The maximum atomic E-state index is 13.2. The van der Waals surface area contributed by atoms with E-state index in [1.165, 1.54) is 6.42 Å². The van der Waals surface area contributed by atoms with Crippen LogP contribution in [0.4, 0.5) is 8.78 Å². The second kappa shape index (κ2) is 4.96. The molecule has 3 rings (SSSR count). The molecular formula is C15H24F2O2. The average molecular weight is 274 g/mol. The molecule has 0 aromatic rings. The second-order valence-corrected chi connectivity index (χ2v) is 6.82. The third-order valence-corrected chi connectivity index (χ3v) is 5.52. The Morgan fingerprint density at radius 1 is 1.00 bits per heavy atom. The minimum absolute atomic E-state index is 0.0303. The van der Waals surface area contributed by atoms with Gasteiger partial charge in [-0.05, 0) is 56.8 Å². The Balaban J connectivity index is 1.56. The summed E-state index contributed by atoms with van der Waals surface area (Å²) in [4.78, 5) is 0. The number of alkyl halides is 2. The normalized spacial score (nSPS) is 35.8. The third kappa shape index (κ3) is 2.80. The molecule has 2 unspecified atom stereocenters. The molecule has 2 aliphatic carbocycles. The summed E-state index contributed by atoms with van der Waals surface area (Å²) in [6.45, 7) is 0.727. The zero-order valence-electron chi connectivity index (χ0n) is 11.4. The zero-order valence-corrected chi connectivity index (χ0v) is 11.4. The molecule has 4 heteroatoms. The van der Waals surface area contributed by atoms with Crippen molar-refractivity contribution in [3.8, 4) is 0 Å². The van der Waals surface area contributed by atoms with Gasteiger partial charge >= 0.3 is 0 Å². The summed E-state index contributed by atoms with van der Waals surface area (Å²) in [5.41, 5.74) is 0.0303. The van der Waals surface area contributed by atoms with Gasteiger partial charge in [-0.3, -0.25) is 0 Å². The lowest BCUT2D eigenvalue weighted by atomic mass is 9.68. The lowest BCUT2D eigenvalue weighted by Crippen LogP contribution is -2.49. The van der Waals surface area contributed by atoms with E-state index in [-0.39, 0.29) is 30.3 Å². The van der Waals surface area contributed by atoms with Crippen molar-refractivity contribution in [3.63, 3.8) is 0 Å². The van der Waals surface area contributed by atoms with Crippen LogP contribution in [0.1, 0.15) is 57.8 Å². The van der Waals surface area contributed by atoms with Gasteiger partial charge in [-0.15, -0.1) is 0 Å². The Labute approximate surface area is 113 Å². The molecule has 1 aliphatic heterocycles. The third-order valence-electron chi connectivity index (χ3n) is 5.52. The Morgan fingerprint density at radius 2 is 1.68 bits per heavy atom. The van der Waals surface area contributed by atoms with Crippen LogP contribution in [-0.4, -0.2) is 29.3 Å². The van der Waals surface area contributed by atoms with Crippen molar-refractivity contribution in [1.82, 2.24) is 0 Å². The number of aliphatic hydroxyl groups is 1. The fourth-order valence-corrected chi connectivity index (χ4v) is 4.07. The first kappa shape index (κ1) is 13.7. The molecule has 3 fully saturated rings. The lowest BCUT2D eigenvalue weighted by Gasteiger charge is -2.49. The highest BCUT2D eigenvalue weighted by molar-refractivity contribution is 4.96. The summed E-state index contributed by atoms with van der Waals surface area (Å²) in [7, 11) is 0. The topological polar surface area (TPSA) is 29.5 Å². The van der Waals surface area contributed by atoms with Crippen LogP contribution in [0.15, 0.2) is 0 Å². The predicted octanol–water partition coefficient (Wildman–Crippen LogP) is 3.52. The van der Waals surface area contributed by atoms with Crippen LogP contribution >= 0.6 is 0 Å². The van der Waals surface area contributed by atoms with E-state index in [1.807, 2.05) is 0 Å². The van der Waals surface area contributed by atoms with Crippen molar-refractivity contribution in [2.24, 2.45) is 11.8 Å². The molecule has 1 saturated heterocycles. The first-order valence-corrected chi connectivity index (χ1v) is 7.70. The minimum atomic E-state index is -2.50. The second-order valence-electron chi connectivity index (χ2n) is 6.82. The Hall–Kier alpha value is -0.220. The van der Waals surface area contributed by atoms with Gasteiger partial charge in [-0.1, -0.05) is 0 Å². The summed E-state index contributed by atoms with van der Waals surface area (Å²) >= 11 is 0. The molecule has 2 nitrogen and oxygen atoms in total. The molecule has 2 atom stereocenters. The predicted molar refractivity (Wildman–Crippen MR) is 68.2 cm³/mol. The van der Waals surface area contributed by atoms with E-state index < -0.39 is 12.0 Å². The molecule has 1 spiro atoms. The lowest BCUT2D eigenvalue weighted by molar-refractivity contribution is -0.165. The van der Waals surface area contributed by atoms with Crippen LogP contribution in [-0.2, 0) is 4.74 Å². The smallest absolute Gasteiger partial charge is 0.248 e. The summed E-state index contributed by atoms with van der Waals surface area (Å²) in [6, 6.07) is 0. The maximum Gasteiger partial charge on any atom is 0.248 e. The molecule has 2 saturated carbocycles. The van der Waals surface area contributed by atoms with Gasteiger partial charge in [0.25, 0.3) is 0 Å². The minimum Gasteiger partial charge on any atom is -0.393 e. The van der Waals surface area contributed by atoms with Gasteiger partial charge in [0.1, 0.15) is 0 Å². The van der Waals surface area contributed by atoms with Crippen LogP contribution in [0, 0.1) is 11.8 Å². The quantitative estimate of drug-likeness (QED) is 0.835. The molecule has 1 heterocycles.